The van der Waals surface area contributed by atoms with Gasteiger partial charge in [0.1, 0.15) is 5.54 Å². The van der Waals surface area contributed by atoms with E-state index < -0.39 is 11.5 Å². The molecule has 0 fully saturated rings. The summed E-state index contributed by atoms with van der Waals surface area (Å²) >= 11 is 1.41. The van der Waals surface area contributed by atoms with Crippen molar-refractivity contribution in [2.75, 3.05) is 6.61 Å². The fraction of sp³-hybridized carbons (Fsp3) is 0.957. The molecule has 0 aliphatic heterocycles. The molecule has 0 bridgehead atoms. The summed E-state index contributed by atoms with van der Waals surface area (Å²) in [6.07, 6.45) is 22.0. The molecular weight excluding hydrogens is 361 g/mol. The number of carboxylic acid groups (broad SMARTS) is 1. The average molecular weight is 410 g/mol. The fourth-order valence-corrected chi connectivity index (χ4v) is 3.93. The molecule has 0 spiro atoms. The Bertz CT molecular complexity index is 307. The topological polar surface area (TPSA) is 83.5 Å². The Morgan fingerprint density at radius 1 is 0.750 bits per heavy atom. The van der Waals surface area contributed by atoms with Crippen LogP contribution in [0, 0.1) is 0 Å². The van der Waals surface area contributed by atoms with Crippen molar-refractivity contribution in [1.82, 2.24) is 0 Å². The Hall–Kier alpha value is 0.390. The molecular formula is C23H48NNaO3. The number of carboxylic acids is 1. The van der Waals surface area contributed by atoms with Crippen molar-refractivity contribution in [2.45, 2.75) is 132 Å². The zero-order chi connectivity index (χ0) is 21.5. The maximum atomic E-state index is 10.6. The number of unbranched alkanes of at least 4 members (excludes halogenated alkanes) is 13. The summed E-state index contributed by atoms with van der Waals surface area (Å²) in [6, 6.07) is 0. The van der Waals surface area contributed by atoms with Crippen LogP contribution in [0.1, 0.15) is 123 Å². The summed E-state index contributed by atoms with van der Waals surface area (Å²) in [7, 11) is 0. The van der Waals surface area contributed by atoms with Crippen LogP contribution in [0.2, 0.25) is 3.67 Å². The molecule has 28 heavy (non-hydrogen) atoms. The van der Waals surface area contributed by atoms with Crippen molar-refractivity contribution in [3.63, 3.8) is 0 Å². The summed E-state index contributed by atoms with van der Waals surface area (Å²) in [5.41, 5.74) is 4.27. The van der Waals surface area contributed by atoms with E-state index >= 15 is 0 Å². The zero-order valence-corrected chi connectivity index (χ0v) is 21.3. The molecule has 0 aliphatic rings. The second-order valence-corrected chi connectivity index (χ2v) is 9.28. The Balaban J connectivity index is 0. The summed E-state index contributed by atoms with van der Waals surface area (Å²) in [5, 5.41) is 17.2. The number of rotatable bonds is 19. The summed E-state index contributed by atoms with van der Waals surface area (Å²) < 4.78 is 1.51. The van der Waals surface area contributed by atoms with Gasteiger partial charge in [-0.05, 0) is 12.8 Å². The first kappa shape index (κ1) is 30.6. The number of hydrogen-bond acceptors (Lipinski definition) is 3. The van der Waals surface area contributed by atoms with Gasteiger partial charge in [0.05, 0.1) is 0 Å². The number of aliphatic hydroxyl groups excluding tert-OH is 1. The van der Waals surface area contributed by atoms with Crippen LogP contribution in [0.15, 0.2) is 0 Å². The number of aliphatic hydroxyl groups is 1. The van der Waals surface area contributed by atoms with Crippen molar-refractivity contribution < 1.29 is 15.0 Å². The second kappa shape index (κ2) is 23.7. The molecule has 0 radical (unpaired) electrons. The number of carbonyl (C=O) groups is 1. The first-order valence-corrected chi connectivity index (χ1v) is 13.5. The van der Waals surface area contributed by atoms with Crippen molar-refractivity contribution in [3.8, 4) is 0 Å². The zero-order valence-electron chi connectivity index (χ0n) is 19.3. The molecule has 0 aliphatic carbocycles. The van der Waals surface area contributed by atoms with E-state index in [0.29, 0.717) is 12.8 Å². The van der Waals surface area contributed by atoms with Crippen molar-refractivity contribution >= 4 is 33.9 Å². The van der Waals surface area contributed by atoms with Gasteiger partial charge in [0.2, 0.25) is 0 Å². The van der Waals surface area contributed by atoms with Gasteiger partial charge in [-0.1, -0.05) is 39.5 Å². The van der Waals surface area contributed by atoms with E-state index in [2.05, 4.69) is 6.92 Å². The van der Waals surface area contributed by atoms with E-state index in [4.69, 9.17) is 15.9 Å². The predicted molar refractivity (Wildman–Crippen MR) is 122 cm³/mol. The summed E-state index contributed by atoms with van der Waals surface area (Å²) in [4.78, 5) is 10.6. The van der Waals surface area contributed by atoms with Crippen LogP contribution in [0.25, 0.3) is 0 Å². The molecule has 1 atom stereocenters. The van der Waals surface area contributed by atoms with Crippen LogP contribution < -0.4 is 5.73 Å². The average Bonchev–Trinajstić information content (AvgIpc) is 2.66. The van der Waals surface area contributed by atoms with Gasteiger partial charge in [-0.25, -0.2) is 0 Å². The molecule has 4 N–H and O–H groups in total. The number of nitrogens with two attached hydrogens (primary N) is 1. The van der Waals surface area contributed by atoms with Crippen LogP contribution in [0.3, 0.4) is 0 Å². The SMILES string of the molecule is CCCC(N)(CCO)C(=O)O.CCCCCCCCCCCCCCC[CH2][Na]. The molecule has 0 aromatic heterocycles. The molecule has 0 aromatic rings. The third-order valence-electron chi connectivity index (χ3n) is 5.39. The maximum absolute atomic E-state index is 10.6. The summed E-state index contributed by atoms with van der Waals surface area (Å²) in [6.45, 7) is 3.98. The van der Waals surface area contributed by atoms with Crippen molar-refractivity contribution in [3.05, 3.63) is 0 Å². The fourth-order valence-electron chi connectivity index (χ4n) is 3.43. The van der Waals surface area contributed by atoms with Gasteiger partial charge >= 0.3 is 108 Å². The first-order valence-electron chi connectivity index (χ1n) is 12.1. The van der Waals surface area contributed by atoms with Crippen LogP contribution in [-0.4, -0.2) is 56.3 Å². The number of hydrogen-bond donors (Lipinski definition) is 3. The quantitative estimate of drug-likeness (QED) is 0.180. The molecule has 0 saturated heterocycles. The minimum absolute atomic E-state index is 0.121. The van der Waals surface area contributed by atoms with E-state index in [0.717, 1.165) is 0 Å². The van der Waals surface area contributed by atoms with E-state index in [1.165, 1.54) is 121 Å². The van der Waals surface area contributed by atoms with Gasteiger partial charge in [-0.3, -0.25) is 4.79 Å². The Labute approximate surface area is 192 Å². The van der Waals surface area contributed by atoms with Gasteiger partial charge in [0.15, 0.2) is 0 Å². The molecule has 164 valence electrons. The molecule has 0 saturated carbocycles. The van der Waals surface area contributed by atoms with E-state index in [1.807, 2.05) is 6.92 Å². The van der Waals surface area contributed by atoms with Gasteiger partial charge in [-0.15, -0.1) is 0 Å². The van der Waals surface area contributed by atoms with Gasteiger partial charge in [0.25, 0.3) is 0 Å². The number of aliphatic carboxylic acids is 1. The van der Waals surface area contributed by atoms with Crippen molar-refractivity contribution in [1.29, 1.82) is 0 Å². The monoisotopic (exact) mass is 409 g/mol. The van der Waals surface area contributed by atoms with Crippen molar-refractivity contribution in [2.24, 2.45) is 5.73 Å². The van der Waals surface area contributed by atoms with Crippen LogP contribution in [-0.2, 0) is 4.79 Å². The normalized spacial score (nSPS) is 12.9. The standard InChI is InChI=1S/C16H33.C7H15NO3.Na/c1-3-5-7-9-11-13-15-16-14-12-10-8-6-4-2;1-2-3-7(8,4-5-9)6(10)11;/h1,3-16H2,2H3;9H,2-5,8H2,1H3,(H,10,11);. The molecule has 0 amide bonds. The molecule has 5 heteroatoms. The third kappa shape index (κ3) is 21.1. The molecule has 1 unspecified atom stereocenters. The predicted octanol–water partition coefficient (Wildman–Crippen LogP) is 6.01. The molecule has 4 nitrogen and oxygen atoms in total. The Morgan fingerprint density at radius 3 is 1.43 bits per heavy atom. The summed E-state index contributed by atoms with van der Waals surface area (Å²) in [5.74, 6) is -1.03. The van der Waals surface area contributed by atoms with Gasteiger partial charge in [0, 0.05) is 6.61 Å². The second-order valence-electron chi connectivity index (χ2n) is 8.28. The molecule has 0 heterocycles. The first-order chi connectivity index (χ1) is 13.5. The van der Waals surface area contributed by atoms with E-state index in [-0.39, 0.29) is 13.0 Å². The minimum atomic E-state index is -1.23. The van der Waals surface area contributed by atoms with Crippen LogP contribution in [0.4, 0.5) is 0 Å². The van der Waals surface area contributed by atoms with Crippen LogP contribution >= 0.6 is 0 Å². The Kier molecular flexibility index (Phi) is 25.8. The Morgan fingerprint density at radius 2 is 1.14 bits per heavy atom. The van der Waals surface area contributed by atoms with Gasteiger partial charge in [-0.2, -0.15) is 0 Å². The molecule has 0 rings (SSSR count). The third-order valence-corrected chi connectivity index (χ3v) is 6.09. The van der Waals surface area contributed by atoms with Crippen LogP contribution in [0.5, 0.6) is 0 Å². The van der Waals surface area contributed by atoms with E-state index in [1.54, 1.807) is 0 Å². The van der Waals surface area contributed by atoms with E-state index in [9.17, 15) is 4.79 Å². The molecule has 0 aromatic carbocycles. The van der Waals surface area contributed by atoms with Gasteiger partial charge < -0.3 is 15.9 Å².